The molecular weight excluding hydrogens is 414 g/mol. The Labute approximate surface area is 187 Å². The van der Waals surface area contributed by atoms with Crippen molar-refractivity contribution in [1.82, 2.24) is 0 Å². The molecule has 166 valence electrons. The average Bonchev–Trinajstić information content (AvgIpc) is 3.29. The Bertz CT molecular complexity index is 970. The van der Waals surface area contributed by atoms with E-state index in [0.717, 1.165) is 16.0 Å². The Morgan fingerprint density at radius 2 is 1.84 bits per heavy atom. The van der Waals surface area contributed by atoms with Gasteiger partial charge in [0.2, 0.25) is 5.91 Å². The molecule has 2 aromatic rings. The van der Waals surface area contributed by atoms with Crippen molar-refractivity contribution in [3.63, 3.8) is 0 Å². The molecule has 1 aromatic heterocycles. The Morgan fingerprint density at radius 3 is 2.45 bits per heavy atom. The fraction of sp³-hybridized carbons (Fsp3) is 0.500. The monoisotopic (exact) mass is 443 g/mol. The van der Waals surface area contributed by atoms with Gasteiger partial charge in [-0.2, -0.15) is 0 Å². The van der Waals surface area contributed by atoms with Crippen LogP contribution in [0.5, 0.6) is 0 Å². The fourth-order valence-corrected chi connectivity index (χ4v) is 5.58. The summed E-state index contributed by atoms with van der Waals surface area (Å²) in [4.78, 5) is 28.7. The van der Waals surface area contributed by atoms with Crippen molar-refractivity contribution in [2.45, 2.75) is 64.9 Å². The number of hydrogen-bond donors (Lipinski definition) is 0. The van der Waals surface area contributed by atoms with Crippen molar-refractivity contribution in [2.75, 3.05) is 18.1 Å². The maximum atomic E-state index is 13.3. The van der Waals surface area contributed by atoms with Gasteiger partial charge in [-0.05, 0) is 38.3 Å². The van der Waals surface area contributed by atoms with Gasteiger partial charge in [-0.15, -0.1) is 11.3 Å². The first kappa shape index (κ1) is 22.0. The molecule has 0 N–H and O–H groups in total. The normalized spacial score (nSPS) is 17.4. The predicted molar refractivity (Wildman–Crippen MR) is 119 cm³/mol. The van der Waals surface area contributed by atoms with E-state index in [1.165, 1.54) is 18.3 Å². The molecule has 1 aliphatic heterocycles. The van der Waals surface area contributed by atoms with Crippen LogP contribution in [0.2, 0.25) is 0 Å². The highest BCUT2D eigenvalue weighted by atomic mass is 32.1. The second-order valence-electron chi connectivity index (χ2n) is 9.06. The third kappa shape index (κ3) is 4.68. The van der Waals surface area contributed by atoms with Gasteiger partial charge in [-0.25, -0.2) is 4.79 Å². The van der Waals surface area contributed by atoms with Gasteiger partial charge in [0.15, 0.2) is 5.79 Å². The van der Waals surface area contributed by atoms with Crippen LogP contribution < -0.4 is 4.90 Å². The molecule has 1 amide bonds. The first-order valence-corrected chi connectivity index (χ1v) is 11.5. The van der Waals surface area contributed by atoms with Gasteiger partial charge in [-0.1, -0.05) is 30.3 Å². The van der Waals surface area contributed by atoms with E-state index in [1.54, 1.807) is 4.90 Å². The third-order valence-corrected chi connectivity index (χ3v) is 6.74. The molecule has 1 spiro atoms. The molecule has 0 bridgehead atoms. The summed E-state index contributed by atoms with van der Waals surface area (Å²) < 4.78 is 17.6. The van der Waals surface area contributed by atoms with Gasteiger partial charge >= 0.3 is 5.97 Å². The maximum absolute atomic E-state index is 13.3. The summed E-state index contributed by atoms with van der Waals surface area (Å²) in [7, 11) is 0. The first-order valence-electron chi connectivity index (χ1n) is 10.7. The van der Waals surface area contributed by atoms with Crippen molar-refractivity contribution in [1.29, 1.82) is 0 Å². The van der Waals surface area contributed by atoms with E-state index in [1.807, 2.05) is 51.1 Å². The quantitative estimate of drug-likeness (QED) is 0.652. The standard InChI is InChI=1S/C24H29NO5S/c1-16(26)25(15-17-8-6-5-7-9-17)21-20(22(27)30-23(2,3)4)18-10-11-24(14-19(18)31-21)28-12-13-29-24/h5-9H,10-15H2,1-4H3. The van der Waals surface area contributed by atoms with Crippen molar-refractivity contribution < 1.29 is 23.8 Å². The zero-order chi connectivity index (χ0) is 22.2. The number of fused-ring (bicyclic) bond motifs is 1. The lowest BCUT2D eigenvalue weighted by atomic mass is 9.90. The number of carbonyl (C=O) groups excluding carboxylic acids is 2. The van der Waals surface area contributed by atoms with Gasteiger partial charge < -0.3 is 14.2 Å². The van der Waals surface area contributed by atoms with Crippen molar-refractivity contribution in [2.24, 2.45) is 0 Å². The lowest BCUT2D eigenvalue weighted by Gasteiger charge is -2.31. The summed E-state index contributed by atoms with van der Waals surface area (Å²) in [6.07, 6.45) is 1.92. The number of thiophene rings is 1. The number of amides is 1. The van der Waals surface area contributed by atoms with Gasteiger partial charge in [0.25, 0.3) is 0 Å². The SMILES string of the molecule is CC(=O)N(Cc1ccccc1)c1sc2c(c1C(=O)OC(C)(C)C)CCC1(C2)OCCO1. The summed E-state index contributed by atoms with van der Waals surface area (Å²) in [6.45, 7) is 8.65. The Balaban J connectivity index is 1.77. The van der Waals surface area contributed by atoms with E-state index in [0.29, 0.717) is 49.6 Å². The Kier molecular flexibility index (Phi) is 5.94. The van der Waals surface area contributed by atoms with Crippen LogP contribution >= 0.6 is 11.3 Å². The number of ether oxygens (including phenoxy) is 3. The summed E-state index contributed by atoms with van der Waals surface area (Å²) >= 11 is 1.48. The summed E-state index contributed by atoms with van der Waals surface area (Å²) in [5.74, 6) is -1.11. The highest BCUT2D eigenvalue weighted by Crippen LogP contribution is 2.46. The number of hydrogen-bond acceptors (Lipinski definition) is 6. The highest BCUT2D eigenvalue weighted by molar-refractivity contribution is 7.17. The largest absolute Gasteiger partial charge is 0.456 e. The van der Waals surface area contributed by atoms with Gasteiger partial charge in [-0.3, -0.25) is 9.69 Å². The average molecular weight is 444 g/mol. The number of nitrogens with zero attached hydrogens (tertiary/aromatic N) is 1. The van der Waals surface area contributed by atoms with Crippen LogP contribution in [-0.4, -0.2) is 36.5 Å². The lowest BCUT2D eigenvalue weighted by Crippen LogP contribution is -2.36. The smallest absolute Gasteiger partial charge is 0.341 e. The fourth-order valence-electron chi connectivity index (χ4n) is 4.12. The zero-order valence-corrected chi connectivity index (χ0v) is 19.3. The summed E-state index contributed by atoms with van der Waals surface area (Å²) in [6, 6.07) is 9.79. The second-order valence-corrected chi connectivity index (χ2v) is 10.1. The van der Waals surface area contributed by atoms with E-state index in [9.17, 15) is 9.59 Å². The minimum absolute atomic E-state index is 0.115. The van der Waals surface area contributed by atoms with E-state index >= 15 is 0 Å². The minimum Gasteiger partial charge on any atom is -0.456 e. The molecule has 1 saturated heterocycles. The van der Waals surface area contributed by atoms with Crippen molar-refractivity contribution in [3.8, 4) is 0 Å². The van der Waals surface area contributed by atoms with Crippen LogP contribution in [0.3, 0.4) is 0 Å². The Morgan fingerprint density at radius 1 is 1.16 bits per heavy atom. The topological polar surface area (TPSA) is 65.1 Å². The second kappa shape index (κ2) is 8.37. The molecule has 0 saturated carbocycles. The van der Waals surface area contributed by atoms with Crippen molar-refractivity contribution >= 4 is 28.2 Å². The predicted octanol–water partition coefficient (Wildman–Crippen LogP) is 4.49. The van der Waals surface area contributed by atoms with Gasteiger partial charge in [0, 0.05) is 24.6 Å². The highest BCUT2D eigenvalue weighted by Gasteiger charge is 2.43. The molecule has 2 aliphatic rings. The van der Waals surface area contributed by atoms with Crippen LogP contribution in [0.1, 0.15) is 60.5 Å². The molecule has 7 heteroatoms. The first-order chi connectivity index (χ1) is 14.7. The third-order valence-electron chi connectivity index (χ3n) is 5.48. The van der Waals surface area contributed by atoms with Crippen LogP contribution in [0.25, 0.3) is 0 Å². The summed E-state index contributed by atoms with van der Waals surface area (Å²) in [5.41, 5.74) is 1.84. The van der Waals surface area contributed by atoms with E-state index in [2.05, 4.69) is 0 Å². The number of carbonyl (C=O) groups is 2. The van der Waals surface area contributed by atoms with Crippen LogP contribution in [0, 0.1) is 0 Å². The van der Waals surface area contributed by atoms with E-state index in [-0.39, 0.29) is 11.9 Å². The van der Waals surface area contributed by atoms with Crippen LogP contribution in [-0.2, 0) is 38.4 Å². The van der Waals surface area contributed by atoms with Crippen LogP contribution in [0.4, 0.5) is 5.00 Å². The number of anilines is 1. The molecule has 1 aromatic carbocycles. The number of benzene rings is 1. The van der Waals surface area contributed by atoms with E-state index < -0.39 is 11.4 Å². The van der Waals surface area contributed by atoms with Gasteiger partial charge in [0.1, 0.15) is 10.6 Å². The number of rotatable bonds is 4. The van der Waals surface area contributed by atoms with E-state index in [4.69, 9.17) is 14.2 Å². The molecule has 6 nitrogen and oxygen atoms in total. The number of esters is 1. The molecule has 1 fully saturated rings. The Hall–Kier alpha value is -2.22. The molecular formula is C24H29NO5S. The minimum atomic E-state index is -0.628. The molecule has 0 unspecified atom stereocenters. The van der Waals surface area contributed by atoms with Gasteiger partial charge in [0.05, 0.1) is 25.3 Å². The lowest BCUT2D eigenvalue weighted by molar-refractivity contribution is -0.163. The van der Waals surface area contributed by atoms with Crippen LogP contribution in [0.15, 0.2) is 30.3 Å². The summed E-state index contributed by atoms with van der Waals surface area (Å²) in [5, 5.41) is 0.644. The molecule has 0 atom stereocenters. The zero-order valence-electron chi connectivity index (χ0n) is 18.5. The molecule has 1 aliphatic carbocycles. The van der Waals surface area contributed by atoms with Crippen molar-refractivity contribution in [3.05, 3.63) is 51.9 Å². The molecule has 2 heterocycles. The molecule has 0 radical (unpaired) electrons. The maximum Gasteiger partial charge on any atom is 0.341 e. The molecule has 4 rings (SSSR count). The molecule has 31 heavy (non-hydrogen) atoms.